The highest BCUT2D eigenvalue weighted by Gasteiger charge is 2.19. The fourth-order valence-electron chi connectivity index (χ4n) is 3.16. The number of ether oxygens (including phenoxy) is 1. The first-order valence-electron chi connectivity index (χ1n) is 9.07. The molecule has 7 nitrogen and oxygen atoms in total. The molecule has 9 heteroatoms. The van der Waals surface area contributed by atoms with Gasteiger partial charge >= 0.3 is 0 Å². The van der Waals surface area contributed by atoms with Crippen LogP contribution in [-0.2, 0) is 17.9 Å². The number of nitrogens with one attached hydrogen (secondary N) is 1. The van der Waals surface area contributed by atoms with E-state index in [0.717, 1.165) is 21.7 Å². The van der Waals surface area contributed by atoms with Gasteiger partial charge in [-0.15, -0.1) is 0 Å². The van der Waals surface area contributed by atoms with Gasteiger partial charge in [-0.2, -0.15) is 10.2 Å². The van der Waals surface area contributed by atoms with Crippen molar-refractivity contribution in [2.75, 3.05) is 12.4 Å². The normalized spacial score (nSPS) is 11.1. The Morgan fingerprint density at radius 2 is 1.93 bits per heavy atom. The van der Waals surface area contributed by atoms with E-state index in [1.165, 1.54) is 6.07 Å². The zero-order valence-corrected chi connectivity index (χ0v) is 16.7. The van der Waals surface area contributed by atoms with E-state index in [2.05, 4.69) is 15.5 Å². The maximum absolute atomic E-state index is 13.1. The molecule has 3 rings (SSSR count). The van der Waals surface area contributed by atoms with Crippen LogP contribution in [0.25, 0.3) is 0 Å². The van der Waals surface area contributed by atoms with Crippen LogP contribution >= 0.6 is 0 Å². The highest BCUT2D eigenvalue weighted by atomic mass is 19.3. The van der Waals surface area contributed by atoms with Gasteiger partial charge in [0.1, 0.15) is 18.0 Å². The van der Waals surface area contributed by atoms with Gasteiger partial charge in [-0.05, 0) is 44.5 Å². The Kier molecular flexibility index (Phi) is 5.95. The first kappa shape index (κ1) is 20.5. The van der Waals surface area contributed by atoms with E-state index in [-0.39, 0.29) is 12.2 Å². The van der Waals surface area contributed by atoms with Crippen molar-refractivity contribution in [1.29, 1.82) is 0 Å². The molecule has 0 bridgehead atoms. The Morgan fingerprint density at radius 1 is 1.17 bits per heavy atom. The van der Waals surface area contributed by atoms with Crippen molar-refractivity contribution < 1.29 is 18.3 Å². The van der Waals surface area contributed by atoms with Crippen LogP contribution in [0.2, 0.25) is 0 Å². The molecule has 0 aliphatic carbocycles. The van der Waals surface area contributed by atoms with Crippen LogP contribution < -0.4 is 10.1 Å². The summed E-state index contributed by atoms with van der Waals surface area (Å²) in [6, 6.07) is 8.92. The monoisotopic (exact) mass is 403 g/mol. The second kappa shape index (κ2) is 8.42. The number of rotatable bonds is 7. The standard InChI is InChI=1S/C20H23F2N5O2/c1-12-8-17(20(21)22)27(24-12)11-18(28)23-19-13(2)25-26(14(19)3)10-15-6-5-7-16(9-15)29-4/h5-9,20H,10-11H2,1-4H3,(H,23,28). The van der Waals surface area contributed by atoms with Crippen molar-refractivity contribution in [1.82, 2.24) is 19.6 Å². The summed E-state index contributed by atoms with van der Waals surface area (Å²) in [6.07, 6.45) is -2.70. The van der Waals surface area contributed by atoms with Crippen LogP contribution in [0.3, 0.4) is 0 Å². The molecule has 0 saturated carbocycles. The van der Waals surface area contributed by atoms with E-state index in [1.807, 2.05) is 31.2 Å². The number of methoxy groups -OCH3 is 1. The summed E-state index contributed by atoms with van der Waals surface area (Å²) in [4.78, 5) is 12.5. The number of hydrogen-bond donors (Lipinski definition) is 1. The van der Waals surface area contributed by atoms with Gasteiger partial charge in [0.25, 0.3) is 6.43 Å². The number of carbonyl (C=O) groups excluding carboxylic acids is 1. The Morgan fingerprint density at radius 3 is 2.62 bits per heavy atom. The van der Waals surface area contributed by atoms with E-state index in [4.69, 9.17) is 4.74 Å². The van der Waals surface area contributed by atoms with Crippen LogP contribution in [0, 0.1) is 20.8 Å². The summed E-state index contributed by atoms with van der Waals surface area (Å²) in [5.41, 5.74) is 3.14. The SMILES string of the molecule is COc1cccc(Cn2nc(C)c(NC(=O)Cn3nc(C)cc3C(F)F)c2C)c1. The summed E-state index contributed by atoms with van der Waals surface area (Å²) >= 11 is 0. The van der Waals surface area contributed by atoms with Gasteiger partial charge in [0.05, 0.1) is 36.4 Å². The van der Waals surface area contributed by atoms with Crippen LogP contribution in [0.15, 0.2) is 30.3 Å². The van der Waals surface area contributed by atoms with Gasteiger partial charge in [-0.1, -0.05) is 12.1 Å². The van der Waals surface area contributed by atoms with E-state index in [0.29, 0.717) is 23.6 Å². The van der Waals surface area contributed by atoms with Crippen LogP contribution in [-0.4, -0.2) is 32.6 Å². The quantitative estimate of drug-likeness (QED) is 0.654. The highest BCUT2D eigenvalue weighted by molar-refractivity contribution is 5.91. The summed E-state index contributed by atoms with van der Waals surface area (Å²) < 4.78 is 34.2. The second-order valence-electron chi connectivity index (χ2n) is 6.77. The fourth-order valence-corrected chi connectivity index (χ4v) is 3.16. The van der Waals surface area contributed by atoms with Crippen molar-refractivity contribution in [3.8, 4) is 5.75 Å². The molecule has 1 N–H and O–H groups in total. The molecule has 2 aromatic heterocycles. The number of benzene rings is 1. The smallest absolute Gasteiger partial charge is 0.280 e. The Bertz CT molecular complexity index is 1030. The molecule has 3 aromatic rings. The summed E-state index contributed by atoms with van der Waals surface area (Å²) in [6.45, 7) is 5.45. The lowest BCUT2D eigenvalue weighted by Crippen LogP contribution is -2.21. The zero-order chi connectivity index (χ0) is 21.1. The van der Waals surface area contributed by atoms with Crippen molar-refractivity contribution in [2.24, 2.45) is 0 Å². The average molecular weight is 403 g/mol. The minimum absolute atomic E-state index is 0.278. The molecule has 0 radical (unpaired) electrons. The zero-order valence-electron chi connectivity index (χ0n) is 16.7. The Hall–Kier alpha value is -3.23. The number of hydrogen-bond acceptors (Lipinski definition) is 4. The maximum Gasteiger partial charge on any atom is 0.280 e. The third kappa shape index (κ3) is 4.61. The largest absolute Gasteiger partial charge is 0.497 e. The molecule has 1 aromatic carbocycles. The molecule has 0 atom stereocenters. The summed E-state index contributed by atoms with van der Waals surface area (Å²) in [5, 5.41) is 11.2. The first-order chi connectivity index (χ1) is 13.8. The Labute approximate surface area is 167 Å². The first-order valence-corrected chi connectivity index (χ1v) is 9.07. The predicted octanol–water partition coefficient (Wildman–Crippen LogP) is 3.64. The molecule has 0 unspecified atom stereocenters. The fraction of sp³-hybridized carbons (Fsp3) is 0.350. The van der Waals surface area contributed by atoms with Crippen molar-refractivity contribution >= 4 is 11.6 Å². The Balaban J connectivity index is 1.75. The van der Waals surface area contributed by atoms with Gasteiger partial charge in [0.2, 0.25) is 5.91 Å². The van der Waals surface area contributed by atoms with Gasteiger partial charge < -0.3 is 10.1 Å². The minimum atomic E-state index is -2.70. The lowest BCUT2D eigenvalue weighted by molar-refractivity contribution is -0.117. The third-order valence-electron chi connectivity index (χ3n) is 4.56. The van der Waals surface area contributed by atoms with Gasteiger partial charge in [0.15, 0.2) is 0 Å². The molecule has 154 valence electrons. The van der Waals surface area contributed by atoms with E-state index in [9.17, 15) is 13.6 Å². The van der Waals surface area contributed by atoms with Gasteiger partial charge in [-0.3, -0.25) is 14.2 Å². The maximum atomic E-state index is 13.1. The molecule has 2 heterocycles. The topological polar surface area (TPSA) is 74.0 Å². The average Bonchev–Trinajstić information content (AvgIpc) is 3.16. The predicted molar refractivity (Wildman–Crippen MR) is 104 cm³/mol. The molecular formula is C20H23F2N5O2. The number of amides is 1. The number of anilines is 1. The molecule has 0 aliphatic rings. The van der Waals surface area contributed by atoms with Crippen molar-refractivity contribution in [3.05, 3.63) is 58.7 Å². The minimum Gasteiger partial charge on any atom is -0.497 e. The van der Waals surface area contributed by atoms with Crippen LogP contribution in [0.1, 0.15) is 34.8 Å². The highest BCUT2D eigenvalue weighted by Crippen LogP contribution is 2.23. The van der Waals surface area contributed by atoms with Gasteiger partial charge in [-0.25, -0.2) is 8.78 Å². The number of halogens is 2. The molecular weight excluding hydrogens is 380 g/mol. The lowest BCUT2D eigenvalue weighted by atomic mass is 10.2. The number of carbonyl (C=O) groups is 1. The number of aromatic nitrogens is 4. The lowest BCUT2D eigenvalue weighted by Gasteiger charge is -2.09. The molecule has 0 fully saturated rings. The molecule has 0 aliphatic heterocycles. The van der Waals surface area contributed by atoms with E-state index < -0.39 is 12.3 Å². The summed E-state index contributed by atoms with van der Waals surface area (Å²) in [7, 11) is 1.61. The van der Waals surface area contributed by atoms with Crippen molar-refractivity contribution in [3.63, 3.8) is 0 Å². The molecule has 0 spiro atoms. The van der Waals surface area contributed by atoms with Crippen LogP contribution in [0.4, 0.5) is 14.5 Å². The third-order valence-corrected chi connectivity index (χ3v) is 4.56. The molecule has 29 heavy (non-hydrogen) atoms. The van der Waals surface area contributed by atoms with E-state index >= 15 is 0 Å². The molecule has 1 amide bonds. The summed E-state index contributed by atoms with van der Waals surface area (Å²) in [5.74, 6) is 0.309. The second-order valence-corrected chi connectivity index (χ2v) is 6.77. The number of aryl methyl sites for hydroxylation is 2. The number of alkyl halides is 2. The number of nitrogens with zero attached hydrogens (tertiary/aromatic N) is 4. The van der Waals surface area contributed by atoms with E-state index in [1.54, 1.807) is 25.6 Å². The van der Waals surface area contributed by atoms with Crippen molar-refractivity contribution in [2.45, 2.75) is 40.3 Å². The van der Waals surface area contributed by atoms with Gasteiger partial charge in [0, 0.05) is 0 Å². The van der Waals surface area contributed by atoms with Crippen LogP contribution in [0.5, 0.6) is 5.75 Å². The molecule has 0 saturated heterocycles.